The van der Waals surface area contributed by atoms with Crippen molar-refractivity contribution >= 4 is 33.9 Å². The summed E-state index contributed by atoms with van der Waals surface area (Å²) in [6.07, 6.45) is 2.81. The molecule has 0 unspecified atom stereocenters. The number of carbonyl (C=O) groups excluding carboxylic acids is 2. The summed E-state index contributed by atoms with van der Waals surface area (Å²) in [5.74, 6) is -1.07. The van der Waals surface area contributed by atoms with Crippen LogP contribution in [0, 0.1) is 0 Å². The van der Waals surface area contributed by atoms with Gasteiger partial charge in [0.1, 0.15) is 5.56 Å². The molecule has 2 heterocycles. The maximum Gasteiger partial charge on any atom is 0.338 e. The van der Waals surface area contributed by atoms with E-state index in [1.807, 2.05) is 0 Å². The van der Waals surface area contributed by atoms with E-state index in [1.165, 1.54) is 28.0 Å². The number of hydrogen-bond acceptors (Lipinski definition) is 6. The van der Waals surface area contributed by atoms with Crippen LogP contribution in [-0.4, -0.2) is 27.9 Å². The Labute approximate surface area is 140 Å². The fraction of sp³-hybridized carbons (Fsp3) is 0.125. The second-order valence-corrected chi connectivity index (χ2v) is 5.66. The van der Waals surface area contributed by atoms with Crippen molar-refractivity contribution in [2.75, 3.05) is 11.9 Å². The van der Waals surface area contributed by atoms with E-state index < -0.39 is 17.4 Å². The number of esters is 1. The summed E-state index contributed by atoms with van der Waals surface area (Å²) in [7, 11) is 0. The van der Waals surface area contributed by atoms with Gasteiger partial charge in [-0.1, -0.05) is 6.07 Å². The summed E-state index contributed by atoms with van der Waals surface area (Å²) in [4.78, 5) is 40.9. The van der Waals surface area contributed by atoms with Gasteiger partial charge in [-0.3, -0.25) is 14.0 Å². The maximum atomic E-state index is 12.3. The molecule has 3 rings (SSSR count). The van der Waals surface area contributed by atoms with Crippen molar-refractivity contribution in [3.05, 3.63) is 63.5 Å². The van der Waals surface area contributed by atoms with Crippen LogP contribution in [0.15, 0.2) is 46.8 Å². The largest absolute Gasteiger partial charge is 0.462 e. The van der Waals surface area contributed by atoms with Gasteiger partial charge >= 0.3 is 5.97 Å². The van der Waals surface area contributed by atoms with Crippen LogP contribution in [0.3, 0.4) is 0 Å². The highest BCUT2D eigenvalue weighted by Gasteiger charge is 2.15. The van der Waals surface area contributed by atoms with Crippen molar-refractivity contribution < 1.29 is 14.3 Å². The van der Waals surface area contributed by atoms with Crippen molar-refractivity contribution in [3.63, 3.8) is 0 Å². The molecule has 0 radical (unpaired) electrons. The van der Waals surface area contributed by atoms with E-state index in [0.29, 0.717) is 16.2 Å². The van der Waals surface area contributed by atoms with Gasteiger partial charge in [0, 0.05) is 23.5 Å². The Hall–Kier alpha value is -3.00. The Morgan fingerprint density at radius 3 is 3.00 bits per heavy atom. The third-order valence-electron chi connectivity index (χ3n) is 3.22. The molecule has 0 saturated heterocycles. The number of anilines is 1. The second kappa shape index (κ2) is 6.63. The SMILES string of the molecule is CCOC(=O)c1cccc(NC(=O)c2cnc3sccn3c2=O)c1. The van der Waals surface area contributed by atoms with E-state index in [9.17, 15) is 14.4 Å². The lowest BCUT2D eigenvalue weighted by Crippen LogP contribution is -2.25. The molecular formula is C16H13N3O4S. The van der Waals surface area contributed by atoms with E-state index in [2.05, 4.69) is 10.3 Å². The minimum Gasteiger partial charge on any atom is -0.462 e. The lowest BCUT2D eigenvalue weighted by molar-refractivity contribution is 0.0526. The summed E-state index contributed by atoms with van der Waals surface area (Å²) < 4.78 is 6.23. The lowest BCUT2D eigenvalue weighted by Gasteiger charge is -2.07. The first-order valence-corrected chi connectivity index (χ1v) is 8.01. The number of carbonyl (C=O) groups is 2. The highest BCUT2D eigenvalue weighted by molar-refractivity contribution is 7.15. The van der Waals surface area contributed by atoms with Gasteiger partial charge in [0.05, 0.1) is 12.2 Å². The Morgan fingerprint density at radius 1 is 1.38 bits per heavy atom. The lowest BCUT2D eigenvalue weighted by atomic mass is 10.2. The summed E-state index contributed by atoms with van der Waals surface area (Å²) in [5.41, 5.74) is 0.186. The van der Waals surface area contributed by atoms with Crippen LogP contribution in [-0.2, 0) is 4.74 Å². The monoisotopic (exact) mass is 343 g/mol. The summed E-state index contributed by atoms with van der Waals surface area (Å²) in [5, 5.41) is 4.31. The highest BCUT2D eigenvalue weighted by atomic mass is 32.1. The van der Waals surface area contributed by atoms with Crippen molar-refractivity contribution in [2.45, 2.75) is 6.92 Å². The number of ether oxygens (including phenoxy) is 1. The second-order valence-electron chi connectivity index (χ2n) is 4.79. The predicted octanol–water partition coefficient (Wildman–Crippen LogP) is 2.18. The number of nitrogens with one attached hydrogen (secondary N) is 1. The van der Waals surface area contributed by atoms with Crippen LogP contribution in [0.5, 0.6) is 0 Å². The van der Waals surface area contributed by atoms with Crippen molar-refractivity contribution in [3.8, 4) is 0 Å². The molecule has 0 spiro atoms. The fourth-order valence-corrected chi connectivity index (χ4v) is 2.79. The van der Waals surface area contributed by atoms with Crippen LogP contribution < -0.4 is 10.9 Å². The van der Waals surface area contributed by atoms with E-state index in [4.69, 9.17) is 4.74 Å². The zero-order chi connectivity index (χ0) is 17.1. The Bertz CT molecular complexity index is 977. The van der Waals surface area contributed by atoms with Gasteiger partial charge in [-0.15, -0.1) is 11.3 Å². The first kappa shape index (κ1) is 15.9. The molecule has 2 aromatic heterocycles. The minimum atomic E-state index is -0.589. The van der Waals surface area contributed by atoms with E-state index in [1.54, 1.807) is 36.7 Å². The molecular weight excluding hydrogens is 330 g/mol. The molecule has 3 aromatic rings. The number of rotatable bonds is 4. The van der Waals surface area contributed by atoms with Crippen LogP contribution in [0.4, 0.5) is 5.69 Å². The molecule has 0 saturated carbocycles. The number of nitrogens with zero attached hydrogens (tertiary/aromatic N) is 2. The molecule has 1 aromatic carbocycles. The third-order valence-corrected chi connectivity index (χ3v) is 3.99. The number of hydrogen-bond donors (Lipinski definition) is 1. The molecule has 0 aliphatic heterocycles. The highest BCUT2D eigenvalue weighted by Crippen LogP contribution is 2.13. The summed E-state index contributed by atoms with van der Waals surface area (Å²) in [6, 6.07) is 6.31. The Kier molecular flexibility index (Phi) is 4.39. The first-order valence-electron chi connectivity index (χ1n) is 7.13. The van der Waals surface area contributed by atoms with Crippen molar-refractivity contribution in [1.29, 1.82) is 0 Å². The topological polar surface area (TPSA) is 89.8 Å². The Balaban J connectivity index is 1.86. The first-order chi connectivity index (χ1) is 11.6. The predicted molar refractivity (Wildman–Crippen MR) is 89.7 cm³/mol. The number of amides is 1. The quantitative estimate of drug-likeness (QED) is 0.734. The van der Waals surface area contributed by atoms with Gasteiger partial charge in [-0.2, -0.15) is 0 Å². The summed E-state index contributed by atoms with van der Waals surface area (Å²) in [6.45, 7) is 1.98. The molecule has 0 aliphatic carbocycles. The molecule has 24 heavy (non-hydrogen) atoms. The van der Waals surface area contributed by atoms with Gasteiger partial charge in [0.15, 0.2) is 4.96 Å². The maximum absolute atomic E-state index is 12.3. The molecule has 1 amide bonds. The molecule has 8 heteroatoms. The normalized spacial score (nSPS) is 10.5. The number of fused-ring (bicyclic) bond motifs is 1. The zero-order valence-corrected chi connectivity index (χ0v) is 13.5. The average molecular weight is 343 g/mol. The standard InChI is InChI=1S/C16H13N3O4S/c1-2-23-15(22)10-4-3-5-11(8-10)18-13(20)12-9-17-16-19(14(12)21)6-7-24-16/h3-9H,2H2,1H3,(H,18,20). The number of aromatic nitrogens is 2. The van der Waals surface area contributed by atoms with Crippen molar-refractivity contribution in [1.82, 2.24) is 9.38 Å². The van der Waals surface area contributed by atoms with Gasteiger partial charge in [-0.05, 0) is 25.1 Å². The zero-order valence-electron chi connectivity index (χ0n) is 12.7. The number of benzene rings is 1. The molecule has 0 atom stereocenters. The van der Waals surface area contributed by atoms with Gasteiger partial charge in [0.2, 0.25) is 0 Å². The molecule has 0 bridgehead atoms. The van der Waals surface area contributed by atoms with E-state index >= 15 is 0 Å². The third kappa shape index (κ3) is 3.04. The van der Waals surface area contributed by atoms with E-state index in [0.717, 1.165) is 0 Å². The number of thiazole rings is 1. The fourth-order valence-electron chi connectivity index (χ4n) is 2.12. The van der Waals surface area contributed by atoms with E-state index in [-0.39, 0.29) is 12.2 Å². The Morgan fingerprint density at radius 2 is 2.21 bits per heavy atom. The smallest absolute Gasteiger partial charge is 0.338 e. The van der Waals surface area contributed by atoms with Gasteiger partial charge in [0.25, 0.3) is 11.5 Å². The molecule has 7 nitrogen and oxygen atoms in total. The van der Waals surface area contributed by atoms with Crippen LogP contribution in [0.25, 0.3) is 4.96 Å². The van der Waals surface area contributed by atoms with Crippen molar-refractivity contribution in [2.24, 2.45) is 0 Å². The van der Waals surface area contributed by atoms with Gasteiger partial charge in [-0.25, -0.2) is 9.78 Å². The summed E-state index contributed by atoms with van der Waals surface area (Å²) >= 11 is 1.30. The minimum absolute atomic E-state index is 0.0764. The molecule has 122 valence electrons. The van der Waals surface area contributed by atoms with Crippen LogP contribution in [0.1, 0.15) is 27.6 Å². The molecule has 1 N–H and O–H groups in total. The molecule has 0 aliphatic rings. The molecule has 0 fully saturated rings. The van der Waals surface area contributed by atoms with Crippen LogP contribution in [0.2, 0.25) is 0 Å². The van der Waals surface area contributed by atoms with Gasteiger partial charge < -0.3 is 10.1 Å². The van der Waals surface area contributed by atoms with Crippen LogP contribution >= 0.6 is 11.3 Å². The average Bonchev–Trinajstić information content (AvgIpc) is 3.05.